The highest BCUT2D eigenvalue weighted by atomic mass is 16.1. The zero-order valence-electron chi connectivity index (χ0n) is 16.8. The molecule has 0 bridgehead atoms. The third-order valence-electron chi connectivity index (χ3n) is 4.90. The van der Waals surface area contributed by atoms with E-state index in [4.69, 9.17) is 4.98 Å². The van der Waals surface area contributed by atoms with Crippen LogP contribution in [0.4, 0.5) is 5.69 Å². The van der Waals surface area contributed by atoms with Gasteiger partial charge in [0.1, 0.15) is 5.82 Å². The normalized spacial score (nSPS) is 11.3. The first kappa shape index (κ1) is 18.7. The Hall–Kier alpha value is -3.66. The number of aryl methyl sites for hydroxylation is 1. The van der Waals surface area contributed by atoms with Crippen molar-refractivity contribution in [2.24, 2.45) is 0 Å². The molecule has 4 heteroatoms. The molecular formula is C25H23N3O. The molecule has 4 rings (SSSR count). The predicted octanol–water partition coefficient (Wildman–Crippen LogP) is 4.93. The van der Waals surface area contributed by atoms with E-state index in [0.29, 0.717) is 16.7 Å². The van der Waals surface area contributed by atoms with Crippen LogP contribution in [0.2, 0.25) is 0 Å². The van der Waals surface area contributed by atoms with Gasteiger partial charge in [0.15, 0.2) is 0 Å². The third-order valence-corrected chi connectivity index (χ3v) is 4.90. The van der Waals surface area contributed by atoms with Gasteiger partial charge in [-0.2, -0.15) is 0 Å². The van der Waals surface area contributed by atoms with Gasteiger partial charge in [-0.05, 0) is 60.5 Å². The molecule has 144 valence electrons. The van der Waals surface area contributed by atoms with Crippen molar-refractivity contribution in [3.05, 3.63) is 100 Å². The van der Waals surface area contributed by atoms with E-state index in [1.54, 1.807) is 4.57 Å². The monoisotopic (exact) mass is 381 g/mol. The Labute approximate surface area is 170 Å². The second-order valence-corrected chi connectivity index (χ2v) is 7.29. The molecule has 0 aliphatic heterocycles. The molecule has 0 atom stereocenters. The van der Waals surface area contributed by atoms with Crippen LogP contribution in [-0.2, 0) is 0 Å². The molecule has 0 amide bonds. The van der Waals surface area contributed by atoms with E-state index in [1.807, 2.05) is 81.7 Å². The lowest BCUT2D eigenvalue weighted by molar-refractivity contribution is 0.942. The van der Waals surface area contributed by atoms with Gasteiger partial charge in [-0.15, -0.1) is 0 Å². The Morgan fingerprint density at radius 2 is 1.66 bits per heavy atom. The summed E-state index contributed by atoms with van der Waals surface area (Å²) in [4.78, 5) is 20.1. The number of fused-ring (bicyclic) bond motifs is 1. The van der Waals surface area contributed by atoms with Crippen LogP contribution in [0, 0.1) is 6.92 Å². The molecule has 0 fully saturated rings. The van der Waals surface area contributed by atoms with Crippen molar-refractivity contribution >= 4 is 28.7 Å². The first-order chi connectivity index (χ1) is 14.0. The molecule has 4 aromatic rings. The number of nitrogens with zero attached hydrogens (tertiary/aromatic N) is 3. The highest BCUT2D eigenvalue weighted by molar-refractivity contribution is 5.80. The maximum Gasteiger partial charge on any atom is 0.266 e. The van der Waals surface area contributed by atoms with Crippen LogP contribution in [0.1, 0.15) is 17.0 Å². The lowest BCUT2D eigenvalue weighted by atomic mass is 10.1. The molecule has 0 spiro atoms. The molecule has 3 aromatic carbocycles. The average Bonchev–Trinajstić information content (AvgIpc) is 2.72. The minimum Gasteiger partial charge on any atom is -0.378 e. The summed E-state index contributed by atoms with van der Waals surface area (Å²) in [6.45, 7) is 2.02. The van der Waals surface area contributed by atoms with E-state index in [0.717, 1.165) is 22.5 Å². The Morgan fingerprint density at radius 1 is 0.897 bits per heavy atom. The summed E-state index contributed by atoms with van der Waals surface area (Å²) in [6, 6.07) is 23.6. The van der Waals surface area contributed by atoms with Crippen LogP contribution in [-0.4, -0.2) is 23.6 Å². The summed E-state index contributed by atoms with van der Waals surface area (Å²) in [5.74, 6) is 0.607. The molecule has 0 unspecified atom stereocenters. The molecule has 0 radical (unpaired) electrons. The van der Waals surface area contributed by atoms with Crippen molar-refractivity contribution in [3.8, 4) is 5.69 Å². The smallest absolute Gasteiger partial charge is 0.266 e. The molecular weight excluding hydrogens is 358 g/mol. The van der Waals surface area contributed by atoms with Crippen LogP contribution in [0.3, 0.4) is 0 Å². The second kappa shape index (κ2) is 7.76. The number of aromatic nitrogens is 2. The molecule has 29 heavy (non-hydrogen) atoms. The summed E-state index contributed by atoms with van der Waals surface area (Å²) >= 11 is 0. The first-order valence-electron chi connectivity index (χ1n) is 9.57. The van der Waals surface area contributed by atoms with Crippen molar-refractivity contribution in [1.82, 2.24) is 9.55 Å². The standard InChI is InChI=1S/C25H23N3O/c1-18-7-6-8-21(17-18)28-24(26-23-10-5-4-9-22(23)25(28)29)16-13-19-11-14-20(15-12-19)27(2)3/h4-17H,1-3H3/b16-13-. The van der Waals surface area contributed by atoms with Crippen LogP contribution < -0.4 is 10.5 Å². The van der Waals surface area contributed by atoms with Crippen molar-refractivity contribution in [3.63, 3.8) is 0 Å². The van der Waals surface area contributed by atoms with Gasteiger partial charge < -0.3 is 4.90 Å². The topological polar surface area (TPSA) is 38.1 Å². The van der Waals surface area contributed by atoms with Crippen molar-refractivity contribution in [2.45, 2.75) is 6.92 Å². The van der Waals surface area contributed by atoms with Gasteiger partial charge >= 0.3 is 0 Å². The first-order valence-corrected chi connectivity index (χ1v) is 9.57. The molecule has 0 aliphatic carbocycles. The maximum atomic E-state index is 13.3. The maximum absolute atomic E-state index is 13.3. The average molecular weight is 381 g/mol. The summed E-state index contributed by atoms with van der Waals surface area (Å²) in [5.41, 5.74) is 4.73. The van der Waals surface area contributed by atoms with E-state index in [9.17, 15) is 4.79 Å². The second-order valence-electron chi connectivity index (χ2n) is 7.29. The van der Waals surface area contributed by atoms with Gasteiger partial charge in [0.05, 0.1) is 16.6 Å². The van der Waals surface area contributed by atoms with Crippen molar-refractivity contribution in [1.29, 1.82) is 0 Å². The highest BCUT2D eigenvalue weighted by Crippen LogP contribution is 2.18. The Morgan fingerprint density at radius 3 is 2.38 bits per heavy atom. The van der Waals surface area contributed by atoms with E-state index in [2.05, 4.69) is 29.2 Å². The predicted molar refractivity (Wildman–Crippen MR) is 122 cm³/mol. The zero-order chi connectivity index (χ0) is 20.4. The van der Waals surface area contributed by atoms with Crippen LogP contribution in [0.25, 0.3) is 28.7 Å². The summed E-state index contributed by atoms with van der Waals surface area (Å²) in [5, 5.41) is 0.612. The lowest BCUT2D eigenvalue weighted by Crippen LogP contribution is -2.22. The van der Waals surface area contributed by atoms with Gasteiger partial charge in [0.2, 0.25) is 0 Å². The Bertz CT molecular complexity index is 1250. The van der Waals surface area contributed by atoms with Gasteiger partial charge in [0.25, 0.3) is 5.56 Å². The lowest BCUT2D eigenvalue weighted by Gasteiger charge is -2.13. The highest BCUT2D eigenvalue weighted by Gasteiger charge is 2.11. The number of benzene rings is 3. The largest absolute Gasteiger partial charge is 0.378 e. The Balaban J connectivity index is 1.86. The minimum atomic E-state index is -0.0659. The number of para-hydroxylation sites is 1. The third kappa shape index (κ3) is 3.83. The molecule has 0 saturated heterocycles. The molecule has 1 aromatic heterocycles. The molecule has 1 heterocycles. The SMILES string of the molecule is Cc1cccc(-n2c(/C=C\c3ccc(N(C)C)cc3)nc3ccccc3c2=O)c1. The van der Waals surface area contributed by atoms with Crippen molar-refractivity contribution < 1.29 is 0 Å². The number of hydrogen-bond acceptors (Lipinski definition) is 3. The molecule has 0 saturated carbocycles. The van der Waals surface area contributed by atoms with Gasteiger partial charge in [-0.3, -0.25) is 9.36 Å². The minimum absolute atomic E-state index is 0.0659. The quantitative estimate of drug-likeness (QED) is 0.503. The molecule has 4 nitrogen and oxygen atoms in total. The number of hydrogen-bond donors (Lipinski definition) is 0. The van der Waals surface area contributed by atoms with E-state index >= 15 is 0 Å². The fourth-order valence-corrected chi connectivity index (χ4v) is 3.33. The Kier molecular flexibility index (Phi) is 5.00. The molecule has 0 aliphatic rings. The van der Waals surface area contributed by atoms with E-state index in [1.165, 1.54) is 0 Å². The van der Waals surface area contributed by atoms with E-state index < -0.39 is 0 Å². The van der Waals surface area contributed by atoms with Crippen LogP contribution in [0.15, 0.2) is 77.6 Å². The molecule has 0 N–H and O–H groups in total. The fourth-order valence-electron chi connectivity index (χ4n) is 3.33. The van der Waals surface area contributed by atoms with E-state index in [-0.39, 0.29) is 5.56 Å². The number of anilines is 1. The summed E-state index contributed by atoms with van der Waals surface area (Å²) in [7, 11) is 4.04. The van der Waals surface area contributed by atoms with Crippen LogP contribution in [0.5, 0.6) is 0 Å². The van der Waals surface area contributed by atoms with Crippen LogP contribution >= 0.6 is 0 Å². The summed E-state index contributed by atoms with van der Waals surface area (Å²) < 4.78 is 1.68. The van der Waals surface area contributed by atoms with Crippen molar-refractivity contribution in [2.75, 3.05) is 19.0 Å². The fraction of sp³-hybridized carbons (Fsp3) is 0.120. The van der Waals surface area contributed by atoms with Gasteiger partial charge in [-0.25, -0.2) is 4.98 Å². The zero-order valence-corrected chi connectivity index (χ0v) is 16.8. The van der Waals surface area contributed by atoms with Gasteiger partial charge in [-0.1, -0.05) is 42.5 Å². The van der Waals surface area contributed by atoms with Gasteiger partial charge in [0, 0.05) is 19.8 Å². The number of rotatable bonds is 4. The summed E-state index contributed by atoms with van der Waals surface area (Å²) in [6.07, 6.45) is 3.89.